The van der Waals surface area contributed by atoms with Gasteiger partial charge in [-0.2, -0.15) is 0 Å². The van der Waals surface area contributed by atoms with Crippen LogP contribution in [0.3, 0.4) is 0 Å². The second-order valence-corrected chi connectivity index (χ2v) is 4.75. The van der Waals surface area contributed by atoms with Crippen LogP contribution in [0.2, 0.25) is 0 Å². The van der Waals surface area contributed by atoms with Crippen LogP contribution in [0.15, 0.2) is 18.3 Å². The zero-order chi connectivity index (χ0) is 14.9. The maximum atomic E-state index is 12.3. The van der Waals surface area contributed by atoms with Gasteiger partial charge in [-0.3, -0.25) is 9.20 Å². The molecule has 0 aliphatic carbocycles. The third-order valence-electron chi connectivity index (χ3n) is 3.18. The van der Waals surface area contributed by atoms with Crippen molar-refractivity contribution < 1.29 is 14.7 Å². The lowest BCUT2D eigenvalue weighted by molar-refractivity contribution is -0.139. The van der Waals surface area contributed by atoms with E-state index in [-0.39, 0.29) is 0 Å². The fraction of sp³-hybridized carbons (Fsp3) is 0.357. The van der Waals surface area contributed by atoms with Crippen molar-refractivity contribution in [3.63, 3.8) is 0 Å². The molecule has 2 N–H and O–H groups in total. The molecular weight excluding hydrogens is 258 g/mol. The van der Waals surface area contributed by atoms with E-state index in [2.05, 4.69) is 10.3 Å². The van der Waals surface area contributed by atoms with Gasteiger partial charge >= 0.3 is 5.97 Å². The van der Waals surface area contributed by atoms with E-state index in [0.717, 1.165) is 5.56 Å². The molecule has 6 nitrogen and oxygen atoms in total. The van der Waals surface area contributed by atoms with Crippen molar-refractivity contribution in [3.05, 3.63) is 35.3 Å². The molecule has 1 amide bonds. The number of nitrogens with zero attached hydrogens (tertiary/aromatic N) is 2. The molecule has 20 heavy (non-hydrogen) atoms. The summed E-state index contributed by atoms with van der Waals surface area (Å²) < 4.78 is 1.67. The molecule has 0 spiro atoms. The first-order valence-corrected chi connectivity index (χ1v) is 6.43. The first-order chi connectivity index (χ1) is 9.43. The zero-order valence-corrected chi connectivity index (χ0v) is 11.7. The molecule has 106 valence electrons. The Morgan fingerprint density at radius 3 is 2.75 bits per heavy atom. The second kappa shape index (κ2) is 5.32. The molecule has 6 heteroatoms. The Labute approximate surface area is 116 Å². The van der Waals surface area contributed by atoms with E-state index in [1.807, 2.05) is 19.1 Å². The van der Waals surface area contributed by atoms with Crippen LogP contribution < -0.4 is 5.32 Å². The van der Waals surface area contributed by atoms with Gasteiger partial charge in [-0.25, -0.2) is 9.78 Å². The van der Waals surface area contributed by atoms with Gasteiger partial charge in [0, 0.05) is 6.20 Å². The predicted molar refractivity (Wildman–Crippen MR) is 73.8 cm³/mol. The number of carboxylic acid groups (broad SMARTS) is 1. The smallest absolute Gasteiger partial charge is 0.326 e. The average Bonchev–Trinajstić information content (AvgIpc) is 2.70. The molecule has 0 bridgehead atoms. The standard InChI is InChI=1S/C14H17N3O3/c1-4-10(14(19)20)16-13(18)12-9(3)15-11-7-8(2)5-6-17(11)12/h5-7,10H,4H2,1-3H3,(H,16,18)(H,19,20). The first-order valence-electron chi connectivity index (χ1n) is 6.43. The molecule has 2 aromatic rings. The molecule has 1 unspecified atom stereocenters. The van der Waals surface area contributed by atoms with Crippen molar-refractivity contribution in [3.8, 4) is 0 Å². The Bertz CT molecular complexity index is 676. The lowest BCUT2D eigenvalue weighted by atomic mass is 10.2. The molecule has 0 aliphatic heterocycles. The SMILES string of the molecule is CCC(NC(=O)c1c(C)nc2cc(C)ccn12)C(=O)O. The van der Waals surface area contributed by atoms with E-state index in [1.165, 1.54) is 0 Å². The largest absolute Gasteiger partial charge is 0.480 e. The first kappa shape index (κ1) is 14.0. The van der Waals surface area contributed by atoms with Gasteiger partial charge in [0.05, 0.1) is 5.69 Å². The predicted octanol–water partition coefficient (Wildman–Crippen LogP) is 1.54. The quantitative estimate of drug-likeness (QED) is 0.886. The van der Waals surface area contributed by atoms with E-state index in [0.29, 0.717) is 23.5 Å². The van der Waals surface area contributed by atoms with Crippen LogP contribution >= 0.6 is 0 Å². The summed E-state index contributed by atoms with van der Waals surface area (Å²) in [5, 5.41) is 11.5. The highest BCUT2D eigenvalue weighted by Gasteiger charge is 2.22. The fourth-order valence-electron chi connectivity index (χ4n) is 2.10. The number of carboxylic acids is 1. The number of hydrogen-bond acceptors (Lipinski definition) is 3. The Kier molecular flexibility index (Phi) is 3.74. The van der Waals surface area contributed by atoms with E-state index in [1.54, 1.807) is 24.4 Å². The lowest BCUT2D eigenvalue weighted by Gasteiger charge is -2.12. The van der Waals surface area contributed by atoms with Gasteiger partial charge in [0.1, 0.15) is 17.4 Å². The molecule has 0 aliphatic rings. The van der Waals surface area contributed by atoms with Crippen molar-refractivity contribution >= 4 is 17.5 Å². The van der Waals surface area contributed by atoms with Crippen LogP contribution in [0, 0.1) is 13.8 Å². The normalized spacial score (nSPS) is 12.3. The number of hydrogen-bond donors (Lipinski definition) is 2. The maximum absolute atomic E-state index is 12.3. The van der Waals surface area contributed by atoms with Crippen molar-refractivity contribution in [2.45, 2.75) is 33.2 Å². The molecule has 0 radical (unpaired) electrons. The molecule has 0 aromatic carbocycles. The van der Waals surface area contributed by atoms with Crippen LogP contribution in [0.1, 0.15) is 35.1 Å². The zero-order valence-electron chi connectivity index (χ0n) is 11.7. The lowest BCUT2D eigenvalue weighted by Crippen LogP contribution is -2.40. The van der Waals surface area contributed by atoms with Crippen LogP contribution in [0.5, 0.6) is 0 Å². The number of amides is 1. The summed E-state index contributed by atoms with van der Waals surface area (Å²) in [7, 11) is 0. The summed E-state index contributed by atoms with van der Waals surface area (Å²) in [5.74, 6) is -1.46. The molecule has 0 saturated heterocycles. The third kappa shape index (κ3) is 2.49. The number of nitrogens with one attached hydrogen (secondary N) is 1. The van der Waals surface area contributed by atoms with Crippen LogP contribution in [-0.2, 0) is 4.79 Å². The fourth-order valence-corrected chi connectivity index (χ4v) is 2.10. The van der Waals surface area contributed by atoms with Gasteiger partial charge in [0.2, 0.25) is 0 Å². The summed E-state index contributed by atoms with van der Waals surface area (Å²) in [6, 6.07) is 2.86. The molecular formula is C14H17N3O3. The molecule has 1 atom stereocenters. The average molecular weight is 275 g/mol. The second-order valence-electron chi connectivity index (χ2n) is 4.75. The number of aliphatic carboxylic acids is 1. The number of pyridine rings is 1. The molecule has 2 aromatic heterocycles. The number of rotatable bonds is 4. The van der Waals surface area contributed by atoms with Gasteiger partial charge in [-0.05, 0) is 38.0 Å². The van der Waals surface area contributed by atoms with Gasteiger partial charge < -0.3 is 10.4 Å². The highest BCUT2D eigenvalue weighted by atomic mass is 16.4. The number of carbonyl (C=O) groups is 2. The van der Waals surface area contributed by atoms with Crippen molar-refractivity contribution in [2.24, 2.45) is 0 Å². The van der Waals surface area contributed by atoms with E-state index < -0.39 is 17.9 Å². The molecule has 2 heterocycles. The van der Waals surface area contributed by atoms with Gasteiger partial charge in [0.15, 0.2) is 0 Å². The summed E-state index contributed by atoms with van der Waals surface area (Å²) in [6.07, 6.45) is 2.09. The number of imidazole rings is 1. The van der Waals surface area contributed by atoms with E-state index in [9.17, 15) is 9.59 Å². The summed E-state index contributed by atoms with van der Waals surface area (Å²) >= 11 is 0. The minimum atomic E-state index is -1.04. The highest BCUT2D eigenvalue weighted by Crippen LogP contribution is 2.13. The van der Waals surface area contributed by atoms with Crippen molar-refractivity contribution in [1.29, 1.82) is 0 Å². The number of aryl methyl sites for hydroxylation is 2. The summed E-state index contributed by atoms with van der Waals surface area (Å²) in [5.41, 5.74) is 2.68. The minimum absolute atomic E-state index is 0.329. The van der Waals surface area contributed by atoms with Crippen LogP contribution in [-0.4, -0.2) is 32.4 Å². The monoisotopic (exact) mass is 275 g/mol. The molecule has 2 rings (SSSR count). The Hall–Kier alpha value is -2.37. The molecule has 0 fully saturated rings. The maximum Gasteiger partial charge on any atom is 0.326 e. The van der Waals surface area contributed by atoms with Gasteiger partial charge in [-0.15, -0.1) is 0 Å². The Morgan fingerprint density at radius 1 is 1.45 bits per heavy atom. The number of fused-ring (bicyclic) bond motifs is 1. The van der Waals surface area contributed by atoms with Crippen molar-refractivity contribution in [2.75, 3.05) is 0 Å². The highest BCUT2D eigenvalue weighted by molar-refractivity contribution is 5.96. The minimum Gasteiger partial charge on any atom is -0.480 e. The Balaban J connectivity index is 2.39. The summed E-state index contributed by atoms with van der Waals surface area (Å²) in [6.45, 7) is 5.39. The van der Waals surface area contributed by atoms with Crippen LogP contribution in [0.25, 0.3) is 5.65 Å². The van der Waals surface area contributed by atoms with Crippen LogP contribution in [0.4, 0.5) is 0 Å². The third-order valence-corrected chi connectivity index (χ3v) is 3.18. The number of aromatic nitrogens is 2. The van der Waals surface area contributed by atoms with Gasteiger partial charge in [0.25, 0.3) is 5.91 Å². The van der Waals surface area contributed by atoms with E-state index in [4.69, 9.17) is 5.11 Å². The number of carbonyl (C=O) groups excluding carboxylic acids is 1. The van der Waals surface area contributed by atoms with Crippen molar-refractivity contribution in [1.82, 2.24) is 14.7 Å². The summed E-state index contributed by atoms with van der Waals surface area (Å²) in [4.78, 5) is 27.6. The Morgan fingerprint density at radius 2 is 2.15 bits per heavy atom. The topological polar surface area (TPSA) is 83.7 Å². The van der Waals surface area contributed by atoms with Gasteiger partial charge in [-0.1, -0.05) is 6.92 Å². The van der Waals surface area contributed by atoms with E-state index >= 15 is 0 Å². The molecule has 0 saturated carbocycles.